The number of halogens is 2. The second-order valence-corrected chi connectivity index (χ2v) is 14.3. The van der Waals surface area contributed by atoms with Crippen LogP contribution in [0.25, 0.3) is 10.9 Å². The molecule has 0 saturated carbocycles. The Morgan fingerprint density at radius 2 is 1.71 bits per heavy atom. The molecule has 2 atom stereocenters. The number of urea groups is 1. The normalized spacial score (nSPS) is 20.2. The highest BCUT2D eigenvalue weighted by Crippen LogP contribution is 2.55. The highest BCUT2D eigenvalue weighted by Gasteiger charge is 2.59. The van der Waals surface area contributed by atoms with E-state index in [2.05, 4.69) is 26.2 Å². The lowest BCUT2D eigenvalue weighted by Crippen LogP contribution is -2.58. The van der Waals surface area contributed by atoms with Crippen molar-refractivity contribution in [1.82, 2.24) is 25.0 Å². The molecule has 0 spiro atoms. The molecular formula is C34H35BrClN5O3S. The Kier molecular flexibility index (Phi) is 9.17. The van der Waals surface area contributed by atoms with Crippen molar-refractivity contribution >= 4 is 68.0 Å². The fourth-order valence-corrected chi connectivity index (χ4v) is 8.25. The van der Waals surface area contributed by atoms with E-state index in [1.807, 2.05) is 96.6 Å². The molecule has 45 heavy (non-hydrogen) atoms. The van der Waals surface area contributed by atoms with E-state index in [9.17, 15) is 9.59 Å². The quantitative estimate of drug-likeness (QED) is 0.222. The lowest BCUT2D eigenvalue weighted by Gasteiger charge is -2.42. The summed E-state index contributed by atoms with van der Waals surface area (Å²) in [6.07, 6.45) is 1.96. The Hall–Kier alpha value is -3.47. The van der Waals surface area contributed by atoms with Gasteiger partial charge in [-0.2, -0.15) is 0 Å². The van der Waals surface area contributed by atoms with Crippen molar-refractivity contribution in [2.75, 3.05) is 32.7 Å². The van der Waals surface area contributed by atoms with E-state index >= 15 is 4.79 Å². The first kappa shape index (κ1) is 31.5. The molecule has 0 unspecified atom stereocenters. The maximum Gasteiger partial charge on any atom is 0.317 e. The minimum absolute atomic E-state index is 0.0440. The third-order valence-corrected chi connectivity index (χ3v) is 10.8. The summed E-state index contributed by atoms with van der Waals surface area (Å²) in [7, 11) is 0. The van der Waals surface area contributed by atoms with Crippen LogP contribution in [0, 0.1) is 6.92 Å². The van der Waals surface area contributed by atoms with Gasteiger partial charge < -0.3 is 25.0 Å². The summed E-state index contributed by atoms with van der Waals surface area (Å²) in [6, 6.07) is 21.0. The van der Waals surface area contributed by atoms with Crippen LogP contribution in [0.1, 0.15) is 36.1 Å². The summed E-state index contributed by atoms with van der Waals surface area (Å²) in [6.45, 7) is 6.45. The first-order chi connectivity index (χ1) is 21.7. The smallest absolute Gasteiger partial charge is 0.317 e. The molecule has 2 saturated heterocycles. The molecule has 0 aliphatic carbocycles. The van der Waals surface area contributed by atoms with Crippen molar-refractivity contribution in [3.05, 3.63) is 99.1 Å². The van der Waals surface area contributed by atoms with E-state index in [0.717, 1.165) is 37.0 Å². The second kappa shape index (κ2) is 13.1. The number of amides is 4. The van der Waals surface area contributed by atoms with Crippen LogP contribution in [0.15, 0.2) is 82.3 Å². The molecule has 2 aliphatic heterocycles. The molecule has 0 radical (unpaired) electrons. The summed E-state index contributed by atoms with van der Waals surface area (Å²) >= 11 is 11.3. The number of aryl methyl sites for hydroxylation is 1. The van der Waals surface area contributed by atoms with E-state index in [-0.39, 0.29) is 24.3 Å². The number of thioether (sulfide) groups is 1. The van der Waals surface area contributed by atoms with Gasteiger partial charge in [0.1, 0.15) is 4.75 Å². The predicted molar refractivity (Wildman–Crippen MR) is 182 cm³/mol. The van der Waals surface area contributed by atoms with Gasteiger partial charge in [0.15, 0.2) is 0 Å². The van der Waals surface area contributed by atoms with Gasteiger partial charge in [0.25, 0.3) is 0 Å². The number of aromatic nitrogens is 1. The van der Waals surface area contributed by atoms with Gasteiger partial charge in [-0.15, -0.1) is 11.8 Å². The SMILES string of the molecule is CCNC(=O)N1CCN(C(=O)[C@]2(Sc3ccc(C)cc3)CC(=O)N(Cc3ccc(Br)cc3)[C@@H]2c2c[nH]c3cc(Cl)ccc23)CC1. The van der Waals surface area contributed by atoms with Crippen molar-refractivity contribution in [3.8, 4) is 0 Å². The summed E-state index contributed by atoms with van der Waals surface area (Å²) in [5.41, 5.74) is 3.81. The molecular weight excluding hydrogens is 674 g/mol. The molecule has 4 amide bonds. The molecule has 2 aliphatic rings. The summed E-state index contributed by atoms with van der Waals surface area (Å²) < 4.78 is -0.208. The average Bonchev–Trinajstić information content (AvgIpc) is 3.56. The first-order valence-corrected chi connectivity index (χ1v) is 17.1. The Balaban J connectivity index is 1.46. The minimum Gasteiger partial charge on any atom is -0.361 e. The number of likely N-dealkylation sites (tertiary alicyclic amines) is 1. The van der Waals surface area contributed by atoms with Crippen molar-refractivity contribution in [3.63, 3.8) is 0 Å². The van der Waals surface area contributed by atoms with Gasteiger partial charge in [0.05, 0.1) is 12.5 Å². The van der Waals surface area contributed by atoms with Crippen molar-refractivity contribution in [2.24, 2.45) is 0 Å². The lowest BCUT2D eigenvalue weighted by molar-refractivity contribution is -0.136. The van der Waals surface area contributed by atoms with E-state index in [1.165, 1.54) is 11.8 Å². The zero-order chi connectivity index (χ0) is 31.7. The second-order valence-electron chi connectivity index (χ2n) is 11.6. The summed E-state index contributed by atoms with van der Waals surface area (Å²) in [5.74, 6) is -0.177. The highest BCUT2D eigenvalue weighted by atomic mass is 79.9. The van der Waals surface area contributed by atoms with Gasteiger partial charge in [0.2, 0.25) is 11.8 Å². The zero-order valence-electron chi connectivity index (χ0n) is 25.2. The minimum atomic E-state index is -1.16. The third-order valence-electron chi connectivity index (χ3n) is 8.59. The first-order valence-electron chi connectivity index (χ1n) is 15.1. The number of nitrogens with one attached hydrogen (secondary N) is 2. The maximum atomic E-state index is 15.0. The van der Waals surface area contributed by atoms with E-state index in [4.69, 9.17) is 11.6 Å². The number of aromatic amines is 1. The van der Waals surface area contributed by atoms with Crippen molar-refractivity contribution in [1.29, 1.82) is 0 Å². The van der Waals surface area contributed by atoms with Crippen LogP contribution in [0.4, 0.5) is 4.79 Å². The molecule has 234 valence electrons. The number of benzene rings is 3. The molecule has 3 heterocycles. The summed E-state index contributed by atoms with van der Waals surface area (Å²) in [5, 5.41) is 4.38. The topological polar surface area (TPSA) is 88.8 Å². The van der Waals surface area contributed by atoms with Crippen LogP contribution in [0.5, 0.6) is 0 Å². The van der Waals surface area contributed by atoms with E-state index < -0.39 is 10.8 Å². The average molecular weight is 709 g/mol. The fourth-order valence-electron chi connectivity index (χ4n) is 6.34. The molecule has 6 rings (SSSR count). The number of piperazine rings is 1. The predicted octanol–water partition coefficient (Wildman–Crippen LogP) is 6.77. The molecule has 11 heteroatoms. The van der Waals surface area contributed by atoms with Crippen LogP contribution in [0.2, 0.25) is 5.02 Å². The Morgan fingerprint density at radius 3 is 2.40 bits per heavy atom. The highest BCUT2D eigenvalue weighted by molar-refractivity contribution is 9.10. The lowest BCUT2D eigenvalue weighted by atomic mass is 9.90. The molecule has 1 aromatic heterocycles. The largest absolute Gasteiger partial charge is 0.361 e. The zero-order valence-corrected chi connectivity index (χ0v) is 28.3. The Labute approximate surface area is 280 Å². The Morgan fingerprint density at radius 1 is 1.02 bits per heavy atom. The van der Waals surface area contributed by atoms with Crippen LogP contribution in [0.3, 0.4) is 0 Å². The third kappa shape index (κ3) is 6.33. The molecule has 8 nitrogen and oxygen atoms in total. The number of H-pyrrole nitrogens is 1. The van der Waals surface area contributed by atoms with Gasteiger partial charge in [-0.3, -0.25) is 9.59 Å². The van der Waals surface area contributed by atoms with Crippen molar-refractivity contribution in [2.45, 2.75) is 42.5 Å². The standard InChI is InChI=1S/C34H35BrClN5O3S/c1-3-37-33(44)40-16-14-39(15-17-40)32(43)34(45-26-11-4-22(2)5-12-26)19-30(42)41(21-23-6-8-24(35)9-7-23)31(34)28-20-38-29-18-25(36)10-13-27(28)29/h4-13,18,20,31,38H,3,14-17,19,21H2,1-2H3,(H,37,44)/t31-,34+/m1/s1. The van der Waals surface area contributed by atoms with Gasteiger partial charge in [-0.1, -0.05) is 63.4 Å². The number of carbonyl (C=O) groups excluding carboxylic acids is 3. The molecule has 0 bridgehead atoms. The van der Waals surface area contributed by atoms with E-state index in [0.29, 0.717) is 44.3 Å². The molecule has 2 fully saturated rings. The molecule has 4 aromatic rings. The maximum absolute atomic E-state index is 15.0. The Bertz CT molecular complexity index is 1720. The summed E-state index contributed by atoms with van der Waals surface area (Å²) in [4.78, 5) is 51.6. The van der Waals surface area contributed by atoms with Crippen molar-refractivity contribution < 1.29 is 14.4 Å². The van der Waals surface area contributed by atoms with Gasteiger partial charge in [-0.25, -0.2) is 4.79 Å². The van der Waals surface area contributed by atoms with Crippen LogP contribution < -0.4 is 5.32 Å². The number of hydrogen-bond donors (Lipinski definition) is 2. The number of carbonyl (C=O) groups is 3. The number of rotatable bonds is 7. The number of nitrogens with zero attached hydrogens (tertiary/aromatic N) is 3. The number of fused-ring (bicyclic) bond motifs is 1. The molecule has 3 aromatic carbocycles. The van der Waals surface area contributed by atoms with E-state index in [1.54, 1.807) is 4.90 Å². The monoisotopic (exact) mass is 707 g/mol. The number of hydrogen-bond acceptors (Lipinski definition) is 4. The van der Waals surface area contributed by atoms with Gasteiger partial charge in [0, 0.05) is 76.3 Å². The van der Waals surface area contributed by atoms with Gasteiger partial charge in [-0.05, 0) is 55.8 Å². The van der Waals surface area contributed by atoms with Crippen LogP contribution in [-0.2, 0) is 16.1 Å². The molecule has 2 N–H and O–H groups in total. The fraction of sp³-hybridized carbons (Fsp3) is 0.324. The van der Waals surface area contributed by atoms with Crippen LogP contribution in [-0.4, -0.2) is 75.0 Å². The van der Waals surface area contributed by atoms with Gasteiger partial charge >= 0.3 is 6.03 Å². The van der Waals surface area contributed by atoms with Crippen LogP contribution >= 0.6 is 39.3 Å².